The molecule has 0 saturated carbocycles. The van der Waals surface area contributed by atoms with Gasteiger partial charge in [0.1, 0.15) is 6.10 Å². The molecule has 1 aromatic rings. The summed E-state index contributed by atoms with van der Waals surface area (Å²) in [5, 5.41) is 0. The van der Waals surface area contributed by atoms with Gasteiger partial charge in [0.15, 0.2) is 5.78 Å². The fourth-order valence-corrected chi connectivity index (χ4v) is 1.69. The van der Waals surface area contributed by atoms with Crippen LogP contribution >= 0.6 is 15.9 Å². The van der Waals surface area contributed by atoms with Crippen LogP contribution in [-0.2, 0) is 9.53 Å². The lowest BCUT2D eigenvalue weighted by Gasteiger charge is -2.13. The van der Waals surface area contributed by atoms with E-state index in [9.17, 15) is 4.79 Å². The van der Waals surface area contributed by atoms with E-state index in [0.29, 0.717) is 0 Å². The van der Waals surface area contributed by atoms with Crippen molar-refractivity contribution in [1.82, 2.24) is 0 Å². The van der Waals surface area contributed by atoms with Gasteiger partial charge >= 0.3 is 0 Å². The van der Waals surface area contributed by atoms with Crippen molar-refractivity contribution in [3.8, 4) is 0 Å². The van der Waals surface area contributed by atoms with Crippen molar-refractivity contribution in [2.24, 2.45) is 0 Å². The average molecular weight is 243 g/mol. The topological polar surface area (TPSA) is 26.3 Å². The molecule has 0 bridgehead atoms. The molecule has 0 amide bonds. The standard InChI is InChI=1S/C10H11BrO2/c1-7(12)10(13-2)8-5-3-4-6-9(8)11/h3-6,10H,1-2H3. The van der Waals surface area contributed by atoms with Gasteiger partial charge in [0.05, 0.1) is 0 Å². The predicted octanol–water partition coefficient (Wildman–Crippen LogP) is 2.73. The molecule has 70 valence electrons. The summed E-state index contributed by atoms with van der Waals surface area (Å²) < 4.78 is 6.00. The highest BCUT2D eigenvalue weighted by Crippen LogP contribution is 2.25. The van der Waals surface area contributed by atoms with Gasteiger partial charge in [0.25, 0.3) is 0 Å². The summed E-state index contributed by atoms with van der Waals surface area (Å²) in [4.78, 5) is 11.2. The SMILES string of the molecule is COC(C(C)=O)c1ccccc1Br. The monoisotopic (exact) mass is 242 g/mol. The van der Waals surface area contributed by atoms with Gasteiger partial charge < -0.3 is 4.74 Å². The second kappa shape index (κ2) is 4.53. The quantitative estimate of drug-likeness (QED) is 0.815. The summed E-state index contributed by atoms with van der Waals surface area (Å²) >= 11 is 3.37. The van der Waals surface area contributed by atoms with Crippen LogP contribution in [0.2, 0.25) is 0 Å². The van der Waals surface area contributed by atoms with Crippen molar-refractivity contribution in [2.75, 3.05) is 7.11 Å². The molecule has 1 unspecified atom stereocenters. The zero-order chi connectivity index (χ0) is 9.84. The van der Waals surface area contributed by atoms with Crippen LogP contribution < -0.4 is 0 Å². The first-order valence-electron chi connectivity index (χ1n) is 3.94. The van der Waals surface area contributed by atoms with Crippen molar-refractivity contribution < 1.29 is 9.53 Å². The molecule has 0 fully saturated rings. The number of carbonyl (C=O) groups excluding carboxylic acids is 1. The maximum Gasteiger partial charge on any atom is 0.163 e. The normalized spacial score (nSPS) is 12.5. The van der Waals surface area contributed by atoms with Crippen LogP contribution in [-0.4, -0.2) is 12.9 Å². The lowest BCUT2D eigenvalue weighted by molar-refractivity contribution is -0.126. The molecule has 1 aromatic carbocycles. The van der Waals surface area contributed by atoms with E-state index in [0.717, 1.165) is 10.0 Å². The average Bonchev–Trinajstić information content (AvgIpc) is 2.09. The Hall–Kier alpha value is -0.670. The van der Waals surface area contributed by atoms with Gasteiger partial charge in [-0.1, -0.05) is 34.1 Å². The molecule has 0 heterocycles. The Balaban J connectivity index is 3.04. The fourth-order valence-electron chi connectivity index (χ4n) is 1.20. The molecule has 0 N–H and O–H groups in total. The number of ether oxygens (including phenoxy) is 1. The van der Waals surface area contributed by atoms with Crippen LogP contribution in [0.4, 0.5) is 0 Å². The molecule has 0 spiro atoms. The van der Waals surface area contributed by atoms with Gasteiger partial charge in [-0.15, -0.1) is 0 Å². The summed E-state index contributed by atoms with van der Waals surface area (Å²) in [5.41, 5.74) is 0.873. The third kappa shape index (κ3) is 2.39. The smallest absolute Gasteiger partial charge is 0.163 e. The van der Waals surface area contributed by atoms with E-state index in [1.54, 1.807) is 0 Å². The summed E-state index contributed by atoms with van der Waals surface area (Å²) in [6.45, 7) is 1.52. The zero-order valence-corrected chi connectivity index (χ0v) is 9.17. The van der Waals surface area contributed by atoms with E-state index >= 15 is 0 Å². The van der Waals surface area contributed by atoms with E-state index in [4.69, 9.17) is 4.74 Å². The Labute approximate surface area is 86.0 Å². The maximum absolute atomic E-state index is 11.2. The first kappa shape index (κ1) is 10.4. The van der Waals surface area contributed by atoms with E-state index in [1.165, 1.54) is 14.0 Å². The Morgan fingerprint density at radius 2 is 2.08 bits per heavy atom. The number of hydrogen-bond donors (Lipinski definition) is 0. The second-order valence-electron chi connectivity index (χ2n) is 2.75. The van der Waals surface area contributed by atoms with Crippen LogP contribution in [0, 0.1) is 0 Å². The van der Waals surface area contributed by atoms with Gasteiger partial charge in [-0.25, -0.2) is 0 Å². The molecule has 0 aliphatic rings. The second-order valence-corrected chi connectivity index (χ2v) is 3.60. The predicted molar refractivity (Wildman–Crippen MR) is 54.6 cm³/mol. The first-order chi connectivity index (χ1) is 6.16. The minimum Gasteiger partial charge on any atom is -0.369 e. The van der Waals surface area contributed by atoms with E-state index in [-0.39, 0.29) is 5.78 Å². The molecule has 0 aliphatic heterocycles. The zero-order valence-electron chi connectivity index (χ0n) is 7.58. The highest BCUT2D eigenvalue weighted by Gasteiger charge is 2.17. The van der Waals surface area contributed by atoms with Crippen LogP contribution in [0.5, 0.6) is 0 Å². The number of Topliss-reactive ketones (excluding diaryl/α,β-unsaturated/α-hetero) is 1. The molecular weight excluding hydrogens is 232 g/mol. The van der Waals surface area contributed by atoms with Crippen LogP contribution in [0.15, 0.2) is 28.7 Å². The number of halogens is 1. The van der Waals surface area contributed by atoms with Crippen LogP contribution in [0.3, 0.4) is 0 Å². The molecular formula is C10H11BrO2. The van der Waals surface area contributed by atoms with E-state index in [1.807, 2.05) is 24.3 Å². The maximum atomic E-state index is 11.2. The highest BCUT2D eigenvalue weighted by atomic mass is 79.9. The first-order valence-corrected chi connectivity index (χ1v) is 4.73. The summed E-state index contributed by atoms with van der Waals surface area (Å²) in [6, 6.07) is 7.55. The molecule has 13 heavy (non-hydrogen) atoms. The molecule has 0 radical (unpaired) electrons. The van der Waals surface area contributed by atoms with Gasteiger partial charge in [-0.3, -0.25) is 4.79 Å². The molecule has 1 atom stereocenters. The molecule has 0 aromatic heterocycles. The van der Waals surface area contributed by atoms with Gasteiger partial charge in [0.2, 0.25) is 0 Å². The lowest BCUT2D eigenvalue weighted by atomic mass is 10.1. The highest BCUT2D eigenvalue weighted by molar-refractivity contribution is 9.10. The van der Waals surface area contributed by atoms with Gasteiger partial charge in [-0.2, -0.15) is 0 Å². The number of benzene rings is 1. The van der Waals surface area contributed by atoms with Gasteiger partial charge in [0, 0.05) is 17.1 Å². The Kier molecular flexibility index (Phi) is 3.63. The van der Waals surface area contributed by atoms with Crippen LogP contribution in [0.1, 0.15) is 18.6 Å². The Morgan fingerprint density at radius 3 is 2.54 bits per heavy atom. The van der Waals surface area contributed by atoms with Crippen molar-refractivity contribution in [3.05, 3.63) is 34.3 Å². The van der Waals surface area contributed by atoms with Crippen molar-refractivity contribution in [1.29, 1.82) is 0 Å². The Morgan fingerprint density at radius 1 is 1.46 bits per heavy atom. The van der Waals surface area contributed by atoms with Crippen molar-refractivity contribution in [2.45, 2.75) is 13.0 Å². The molecule has 0 aliphatic carbocycles. The van der Waals surface area contributed by atoms with Crippen LogP contribution in [0.25, 0.3) is 0 Å². The fraction of sp³-hybridized carbons (Fsp3) is 0.300. The minimum atomic E-state index is -0.462. The summed E-state index contributed by atoms with van der Waals surface area (Å²) in [7, 11) is 1.53. The van der Waals surface area contributed by atoms with Gasteiger partial charge in [-0.05, 0) is 13.0 Å². The van der Waals surface area contributed by atoms with Crippen molar-refractivity contribution in [3.63, 3.8) is 0 Å². The largest absolute Gasteiger partial charge is 0.369 e. The molecule has 2 nitrogen and oxygen atoms in total. The number of ketones is 1. The third-order valence-electron chi connectivity index (χ3n) is 1.79. The summed E-state index contributed by atoms with van der Waals surface area (Å²) in [5.74, 6) is 0.00870. The van der Waals surface area contributed by atoms with E-state index < -0.39 is 6.10 Å². The Bertz CT molecular complexity index is 310. The molecule has 1 rings (SSSR count). The number of methoxy groups -OCH3 is 1. The minimum absolute atomic E-state index is 0.00870. The van der Waals surface area contributed by atoms with Crippen molar-refractivity contribution >= 4 is 21.7 Å². The number of rotatable bonds is 3. The summed E-state index contributed by atoms with van der Waals surface area (Å²) in [6.07, 6.45) is -0.462. The third-order valence-corrected chi connectivity index (χ3v) is 2.51. The lowest BCUT2D eigenvalue weighted by Crippen LogP contribution is -2.11. The molecule has 0 saturated heterocycles. The number of carbonyl (C=O) groups is 1. The molecule has 3 heteroatoms. The number of hydrogen-bond acceptors (Lipinski definition) is 2. The van der Waals surface area contributed by atoms with E-state index in [2.05, 4.69) is 15.9 Å².